The van der Waals surface area contributed by atoms with E-state index in [4.69, 9.17) is 5.73 Å². The van der Waals surface area contributed by atoms with Gasteiger partial charge in [0.2, 0.25) is 5.91 Å². The summed E-state index contributed by atoms with van der Waals surface area (Å²) in [5.41, 5.74) is 6.89. The van der Waals surface area contributed by atoms with Crippen molar-refractivity contribution in [1.29, 1.82) is 0 Å². The van der Waals surface area contributed by atoms with E-state index in [1.807, 2.05) is 54.0 Å². The molecule has 1 aromatic carbocycles. The molecule has 4 heteroatoms. The molecule has 0 saturated carbocycles. The molecule has 0 aliphatic carbocycles. The van der Waals surface area contributed by atoms with E-state index in [2.05, 4.69) is 0 Å². The number of rotatable bonds is 3. The van der Waals surface area contributed by atoms with Gasteiger partial charge in [0.05, 0.1) is 0 Å². The third-order valence-electron chi connectivity index (χ3n) is 3.23. The maximum Gasteiger partial charge on any atom is 0.244 e. The van der Waals surface area contributed by atoms with E-state index < -0.39 is 6.04 Å². The van der Waals surface area contributed by atoms with Crippen molar-refractivity contribution in [2.75, 3.05) is 18.6 Å². The molecule has 1 aromatic rings. The summed E-state index contributed by atoms with van der Waals surface area (Å²) in [5.74, 6) is 2.19. The Hall–Kier alpha value is -1.00. The molecule has 2 atom stereocenters. The maximum absolute atomic E-state index is 12.2. The monoisotopic (exact) mass is 250 g/mol. The minimum Gasteiger partial charge on any atom is -0.340 e. The van der Waals surface area contributed by atoms with Crippen molar-refractivity contribution in [3.05, 3.63) is 35.9 Å². The summed E-state index contributed by atoms with van der Waals surface area (Å²) in [6, 6.07) is 9.37. The molecule has 1 amide bonds. The van der Waals surface area contributed by atoms with Crippen LogP contribution in [0.25, 0.3) is 0 Å². The molecule has 2 unspecified atom stereocenters. The fourth-order valence-electron chi connectivity index (χ4n) is 2.03. The van der Waals surface area contributed by atoms with Crippen LogP contribution in [-0.4, -0.2) is 35.4 Å². The second-order valence-corrected chi connectivity index (χ2v) is 5.50. The molecule has 0 bridgehead atoms. The lowest BCUT2D eigenvalue weighted by atomic mass is 10.1. The SMILES string of the molecule is CN(C(=O)C(N)c1ccccc1)C1CCSC1. The number of carbonyl (C=O) groups is 1. The number of likely N-dealkylation sites (N-methyl/N-ethyl adjacent to an activating group) is 1. The predicted octanol–water partition coefficient (Wildman–Crippen LogP) is 1.65. The van der Waals surface area contributed by atoms with Crippen molar-refractivity contribution in [3.8, 4) is 0 Å². The van der Waals surface area contributed by atoms with E-state index in [0.717, 1.165) is 23.5 Å². The van der Waals surface area contributed by atoms with Gasteiger partial charge in [-0.25, -0.2) is 0 Å². The Morgan fingerprint density at radius 2 is 2.18 bits per heavy atom. The van der Waals surface area contributed by atoms with Crippen molar-refractivity contribution in [2.45, 2.75) is 18.5 Å². The molecule has 3 nitrogen and oxygen atoms in total. The molecule has 1 saturated heterocycles. The second-order valence-electron chi connectivity index (χ2n) is 4.35. The summed E-state index contributed by atoms with van der Waals surface area (Å²) in [6.45, 7) is 0. The summed E-state index contributed by atoms with van der Waals surface area (Å²) >= 11 is 1.90. The second kappa shape index (κ2) is 5.56. The van der Waals surface area contributed by atoms with Gasteiger partial charge < -0.3 is 10.6 Å². The van der Waals surface area contributed by atoms with E-state index >= 15 is 0 Å². The van der Waals surface area contributed by atoms with E-state index in [1.54, 1.807) is 0 Å². The van der Waals surface area contributed by atoms with Crippen LogP contribution in [0.2, 0.25) is 0 Å². The fourth-order valence-corrected chi connectivity index (χ4v) is 3.30. The van der Waals surface area contributed by atoms with Crippen LogP contribution in [0, 0.1) is 0 Å². The van der Waals surface area contributed by atoms with E-state index in [9.17, 15) is 4.79 Å². The van der Waals surface area contributed by atoms with Gasteiger partial charge in [0.1, 0.15) is 6.04 Å². The van der Waals surface area contributed by atoms with Crippen LogP contribution in [0.5, 0.6) is 0 Å². The number of benzene rings is 1. The molecular formula is C13H18N2OS. The van der Waals surface area contributed by atoms with Crippen molar-refractivity contribution >= 4 is 17.7 Å². The Bertz CT molecular complexity index is 376. The minimum atomic E-state index is -0.535. The molecule has 2 rings (SSSR count). The largest absolute Gasteiger partial charge is 0.340 e. The van der Waals surface area contributed by atoms with Crippen LogP contribution in [0.1, 0.15) is 18.0 Å². The predicted molar refractivity (Wildman–Crippen MR) is 71.9 cm³/mol. The van der Waals surface area contributed by atoms with Gasteiger partial charge in [-0.3, -0.25) is 4.79 Å². The summed E-state index contributed by atoms with van der Waals surface area (Å²) in [4.78, 5) is 14.0. The summed E-state index contributed by atoms with van der Waals surface area (Å²) in [7, 11) is 1.86. The Morgan fingerprint density at radius 3 is 2.76 bits per heavy atom. The summed E-state index contributed by atoms with van der Waals surface area (Å²) in [5, 5.41) is 0. The summed E-state index contributed by atoms with van der Waals surface area (Å²) < 4.78 is 0. The van der Waals surface area contributed by atoms with E-state index in [0.29, 0.717) is 6.04 Å². The molecule has 17 heavy (non-hydrogen) atoms. The topological polar surface area (TPSA) is 46.3 Å². The van der Waals surface area contributed by atoms with Gasteiger partial charge in [-0.15, -0.1) is 0 Å². The fraction of sp³-hybridized carbons (Fsp3) is 0.462. The highest BCUT2D eigenvalue weighted by Crippen LogP contribution is 2.23. The first-order chi connectivity index (χ1) is 8.20. The van der Waals surface area contributed by atoms with Crippen molar-refractivity contribution < 1.29 is 4.79 Å². The van der Waals surface area contributed by atoms with Crippen molar-refractivity contribution in [1.82, 2.24) is 4.90 Å². The van der Waals surface area contributed by atoms with Crippen molar-refractivity contribution in [3.63, 3.8) is 0 Å². The molecule has 1 aliphatic heterocycles. The van der Waals surface area contributed by atoms with Crippen LogP contribution in [0.15, 0.2) is 30.3 Å². The molecule has 0 aromatic heterocycles. The normalized spacial score (nSPS) is 21.2. The number of thioether (sulfide) groups is 1. The van der Waals surface area contributed by atoms with Gasteiger partial charge in [0.25, 0.3) is 0 Å². The zero-order chi connectivity index (χ0) is 12.3. The first kappa shape index (κ1) is 12.5. The molecular weight excluding hydrogens is 232 g/mol. The maximum atomic E-state index is 12.2. The first-order valence-electron chi connectivity index (χ1n) is 5.85. The van der Waals surface area contributed by atoms with Gasteiger partial charge in [-0.2, -0.15) is 11.8 Å². The Morgan fingerprint density at radius 1 is 1.47 bits per heavy atom. The Balaban J connectivity index is 2.04. The molecule has 1 heterocycles. The van der Waals surface area contributed by atoms with Gasteiger partial charge >= 0.3 is 0 Å². The first-order valence-corrected chi connectivity index (χ1v) is 7.00. The van der Waals surface area contributed by atoms with Crippen LogP contribution >= 0.6 is 11.8 Å². The van der Waals surface area contributed by atoms with Crippen LogP contribution in [-0.2, 0) is 4.79 Å². The van der Waals surface area contributed by atoms with Crippen LogP contribution in [0.3, 0.4) is 0 Å². The molecule has 0 radical (unpaired) electrons. The summed E-state index contributed by atoms with van der Waals surface area (Å²) in [6.07, 6.45) is 1.08. The Kier molecular flexibility index (Phi) is 4.07. The van der Waals surface area contributed by atoms with Gasteiger partial charge in [0.15, 0.2) is 0 Å². The van der Waals surface area contributed by atoms with E-state index in [-0.39, 0.29) is 5.91 Å². The third-order valence-corrected chi connectivity index (χ3v) is 4.37. The average molecular weight is 250 g/mol. The molecule has 0 spiro atoms. The van der Waals surface area contributed by atoms with Gasteiger partial charge in [0, 0.05) is 18.8 Å². The number of hydrogen-bond donors (Lipinski definition) is 1. The number of nitrogens with two attached hydrogens (primary N) is 1. The molecule has 1 fully saturated rings. The highest BCUT2D eigenvalue weighted by atomic mass is 32.2. The number of carbonyl (C=O) groups excluding carboxylic acids is 1. The lowest BCUT2D eigenvalue weighted by Gasteiger charge is -2.26. The zero-order valence-electron chi connectivity index (χ0n) is 10.0. The van der Waals surface area contributed by atoms with Crippen LogP contribution in [0.4, 0.5) is 0 Å². The third kappa shape index (κ3) is 2.82. The number of amides is 1. The highest BCUT2D eigenvalue weighted by Gasteiger charge is 2.27. The van der Waals surface area contributed by atoms with Crippen molar-refractivity contribution in [2.24, 2.45) is 5.73 Å². The number of hydrogen-bond acceptors (Lipinski definition) is 3. The van der Waals surface area contributed by atoms with Gasteiger partial charge in [-0.05, 0) is 17.7 Å². The minimum absolute atomic E-state index is 0.0173. The van der Waals surface area contributed by atoms with Gasteiger partial charge in [-0.1, -0.05) is 30.3 Å². The quantitative estimate of drug-likeness (QED) is 0.887. The number of nitrogens with zero attached hydrogens (tertiary/aromatic N) is 1. The lowest BCUT2D eigenvalue weighted by Crippen LogP contribution is -2.42. The van der Waals surface area contributed by atoms with Crippen LogP contribution < -0.4 is 5.73 Å². The lowest BCUT2D eigenvalue weighted by molar-refractivity contribution is -0.133. The smallest absolute Gasteiger partial charge is 0.244 e. The molecule has 2 N–H and O–H groups in total. The molecule has 1 aliphatic rings. The highest BCUT2D eigenvalue weighted by molar-refractivity contribution is 7.99. The Labute approximate surface area is 106 Å². The average Bonchev–Trinajstić information content (AvgIpc) is 2.91. The molecule has 92 valence electrons. The standard InChI is InChI=1S/C13H18N2OS/c1-15(11-7-8-17-9-11)13(16)12(14)10-5-3-2-4-6-10/h2-6,11-12H,7-9,14H2,1H3. The van der Waals surface area contributed by atoms with E-state index in [1.165, 1.54) is 0 Å². The zero-order valence-corrected chi connectivity index (χ0v) is 10.8.